The summed E-state index contributed by atoms with van der Waals surface area (Å²) >= 11 is 0. The molecular weight excluding hydrogens is 354 g/mol. The van der Waals surface area contributed by atoms with Gasteiger partial charge in [-0.05, 0) is 17.5 Å². The summed E-state index contributed by atoms with van der Waals surface area (Å²) in [4.78, 5) is 24.0. The first kappa shape index (κ1) is 16.2. The van der Waals surface area contributed by atoms with E-state index in [-0.39, 0.29) is 17.0 Å². The van der Waals surface area contributed by atoms with Crippen molar-refractivity contribution in [3.8, 4) is 34.2 Å². The van der Waals surface area contributed by atoms with Crippen LogP contribution in [0.4, 0.5) is 0 Å². The van der Waals surface area contributed by atoms with Gasteiger partial charge in [0.25, 0.3) is 11.4 Å². The zero-order valence-corrected chi connectivity index (χ0v) is 15.0. The molecule has 0 fully saturated rings. The van der Waals surface area contributed by atoms with Gasteiger partial charge in [-0.1, -0.05) is 47.6 Å². The number of H-pyrrole nitrogens is 1. The van der Waals surface area contributed by atoms with E-state index in [1.165, 1.54) is 6.20 Å². The summed E-state index contributed by atoms with van der Waals surface area (Å²) in [5.74, 6) is 1.04. The fourth-order valence-electron chi connectivity index (χ4n) is 3.14. The Bertz CT molecular complexity index is 1350. The van der Waals surface area contributed by atoms with Gasteiger partial charge >= 0.3 is 0 Å². The second kappa shape index (κ2) is 6.31. The molecule has 28 heavy (non-hydrogen) atoms. The van der Waals surface area contributed by atoms with E-state index in [0.29, 0.717) is 11.6 Å². The Morgan fingerprint density at radius 2 is 1.89 bits per heavy atom. The summed E-state index contributed by atoms with van der Waals surface area (Å²) in [7, 11) is 1.98. The summed E-state index contributed by atoms with van der Waals surface area (Å²) in [5, 5.41) is 5.16. The predicted octanol–water partition coefficient (Wildman–Crippen LogP) is 3.65. The maximum atomic E-state index is 12.5. The molecule has 0 aliphatic carbocycles. The Balaban J connectivity index is 1.52. The number of aryl methyl sites for hydroxylation is 1. The third kappa shape index (κ3) is 2.69. The van der Waals surface area contributed by atoms with E-state index in [2.05, 4.69) is 20.1 Å². The topological polar surface area (TPSA) is 89.6 Å². The van der Waals surface area contributed by atoms with Crippen LogP contribution >= 0.6 is 0 Å². The molecule has 0 radical (unpaired) electrons. The molecule has 0 unspecified atom stereocenters. The van der Waals surface area contributed by atoms with Crippen molar-refractivity contribution in [2.75, 3.05) is 0 Å². The first-order chi connectivity index (χ1) is 13.7. The molecule has 0 amide bonds. The lowest BCUT2D eigenvalue weighted by Crippen LogP contribution is -2.11. The SMILES string of the molecule is Cn1ccc2ccc(-c3noc(-c4cnc(-c5ccccc5)[nH]c4=O)n3)cc21. The van der Waals surface area contributed by atoms with Crippen molar-refractivity contribution in [1.29, 1.82) is 0 Å². The van der Waals surface area contributed by atoms with Gasteiger partial charge in [0.2, 0.25) is 5.82 Å². The van der Waals surface area contributed by atoms with Crippen LogP contribution in [0.25, 0.3) is 45.1 Å². The second-order valence-electron chi connectivity index (χ2n) is 6.46. The van der Waals surface area contributed by atoms with Gasteiger partial charge in [0.05, 0.1) is 0 Å². The summed E-state index contributed by atoms with van der Waals surface area (Å²) < 4.78 is 7.35. The van der Waals surface area contributed by atoms with E-state index in [1.807, 2.05) is 72.4 Å². The Morgan fingerprint density at radius 3 is 2.71 bits per heavy atom. The van der Waals surface area contributed by atoms with Crippen molar-refractivity contribution >= 4 is 10.9 Å². The average molecular weight is 369 g/mol. The number of aromatic nitrogens is 5. The molecule has 5 aromatic rings. The molecule has 1 N–H and O–H groups in total. The third-order valence-corrected chi connectivity index (χ3v) is 4.65. The van der Waals surface area contributed by atoms with Gasteiger partial charge in [-0.3, -0.25) is 4.79 Å². The fraction of sp³-hybridized carbons (Fsp3) is 0.0476. The van der Waals surface area contributed by atoms with Crippen molar-refractivity contribution in [1.82, 2.24) is 24.7 Å². The van der Waals surface area contributed by atoms with E-state index in [1.54, 1.807) is 0 Å². The molecule has 136 valence electrons. The molecule has 0 atom stereocenters. The van der Waals surface area contributed by atoms with Crippen molar-refractivity contribution in [2.45, 2.75) is 0 Å². The fourth-order valence-corrected chi connectivity index (χ4v) is 3.14. The van der Waals surface area contributed by atoms with Gasteiger partial charge in [-0.25, -0.2) is 4.98 Å². The van der Waals surface area contributed by atoms with Crippen LogP contribution in [0.15, 0.2) is 76.3 Å². The molecule has 0 spiro atoms. The lowest BCUT2D eigenvalue weighted by molar-refractivity contribution is 0.431. The smallest absolute Gasteiger partial charge is 0.265 e. The van der Waals surface area contributed by atoms with Crippen LogP contribution in [0.2, 0.25) is 0 Å². The maximum Gasteiger partial charge on any atom is 0.265 e. The van der Waals surface area contributed by atoms with Crippen molar-refractivity contribution < 1.29 is 4.52 Å². The van der Waals surface area contributed by atoms with Crippen LogP contribution in [-0.2, 0) is 7.05 Å². The minimum Gasteiger partial charge on any atom is -0.351 e. The summed E-state index contributed by atoms with van der Waals surface area (Å²) in [6, 6.07) is 17.4. The van der Waals surface area contributed by atoms with E-state index in [9.17, 15) is 4.79 Å². The molecule has 0 aliphatic rings. The minimum atomic E-state index is -0.332. The van der Waals surface area contributed by atoms with Gasteiger partial charge in [-0.15, -0.1) is 0 Å². The quantitative estimate of drug-likeness (QED) is 0.524. The predicted molar refractivity (Wildman–Crippen MR) is 105 cm³/mol. The Labute approximate surface area is 159 Å². The standard InChI is InChI=1S/C21H15N5O2/c1-26-10-9-13-7-8-15(11-17(13)26)19-24-21(28-25-19)16-12-22-18(23-20(16)27)14-5-3-2-4-6-14/h2-12H,1H3,(H,22,23,27). The number of benzene rings is 2. The molecule has 7 nitrogen and oxygen atoms in total. The molecule has 3 aromatic heterocycles. The molecule has 0 saturated carbocycles. The van der Waals surface area contributed by atoms with Gasteiger partial charge in [0.15, 0.2) is 0 Å². The molecule has 2 aromatic carbocycles. The van der Waals surface area contributed by atoms with E-state index in [0.717, 1.165) is 22.0 Å². The van der Waals surface area contributed by atoms with Crippen LogP contribution in [-0.4, -0.2) is 24.7 Å². The summed E-state index contributed by atoms with van der Waals surface area (Å²) in [6.07, 6.45) is 3.45. The maximum absolute atomic E-state index is 12.5. The van der Waals surface area contributed by atoms with Gasteiger partial charge in [-0.2, -0.15) is 4.98 Å². The molecule has 0 aliphatic heterocycles. The van der Waals surface area contributed by atoms with Gasteiger partial charge < -0.3 is 14.1 Å². The highest BCUT2D eigenvalue weighted by atomic mass is 16.5. The Kier molecular flexibility index (Phi) is 3.65. The van der Waals surface area contributed by atoms with Crippen molar-refractivity contribution in [2.24, 2.45) is 7.05 Å². The first-order valence-electron chi connectivity index (χ1n) is 8.73. The summed E-state index contributed by atoms with van der Waals surface area (Å²) in [5.41, 5.74) is 2.61. The highest BCUT2D eigenvalue weighted by Gasteiger charge is 2.15. The van der Waals surface area contributed by atoms with Crippen molar-refractivity contribution in [3.05, 3.63) is 77.3 Å². The van der Waals surface area contributed by atoms with E-state index >= 15 is 0 Å². The Hall–Kier alpha value is -4.00. The van der Waals surface area contributed by atoms with Gasteiger partial charge in [0.1, 0.15) is 11.4 Å². The van der Waals surface area contributed by atoms with Crippen LogP contribution in [0.1, 0.15) is 0 Å². The zero-order chi connectivity index (χ0) is 19.1. The van der Waals surface area contributed by atoms with Crippen LogP contribution in [0.3, 0.4) is 0 Å². The number of nitrogens with one attached hydrogen (secondary N) is 1. The minimum absolute atomic E-state index is 0.135. The number of rotatable bonds is 3. The Morgan fingerprint density at radius 1 is 1.04 bits per heavy atom. The van der Waals surface area contributed by atoms with Crippen LogP contribution in [0, 0.1) is 0 Å². The number of aromatic amines is 1. The lowest BCUT2D eigenvalue weighted by Gasteiger charge is -2.00. The first-order valence-corrected chi connectivity index (χ1v) is 8.73. The zero-order valence-electron chi connectivity index (χ0n) is 15.0. The molecule has 0 saturated heterocycles. The number of fused-ring (bicyclic) bond motifs is 1. The van der Waals surface area contributed by atoms with Gasteiger partial charge in [0, 0.05) is 36.1 Å². The normalized spacial score (nSPS) is 11.2. The largest absolute Gasteiger partial charge is 0.351 e. The van der Waals surface area contributed by atoms with Crippen molar-refractivity contribution in [3.63, 3.8) is 0 Å². The monoisotopic (exact) mass is 369 g/mol. The molecule has 7 heteroatoms. The highest BCUT2D eigenvalue weighted by Crippen LogP contribution is 2.24. The lowest BCUT2D eigenvalue weighted by atomic mass is 10.1. The number of nitrogens with zero attached hydrogens (tertiary/aromatic N) is 4. The second-order valence-corrected chi connectivity index (χ2v) is 6.46. The molecule has 3 heterocycles. The highest BCUT2D eigenvalue weighted by molar-refractivity contribution is 5.84. The molecular formula is C21H15N5O2. The summed E-state index contributed by atoms with van der Waals surface area (Å²) in [6.45, 7) is 0. The van der Waals surface area contributed by atoms with E-state index in [4.69, 9.17) is 4.52 Å². The molecule has 5 rings (SSSR count). The number of hydrogen-bond donors (Lipinski definition) is 1. The molecule has 0 bridgehead atoms. The van der Waals surface area contributed by atoms with Crippen LogP contribution in [0.5, 0.6) is 0 Å². The van der Waals surface area contributed by atoms with E-state index < -0.39 is 0 Å². The number of hydrogen-bond acceptors (Lipinski definition) is 5. The third-order valence-electron chi connectivity index (χ3n) is 4.65. The average Bonchev–Trinajstić information content (AvgIpc) is 3.36. The van der Waals surface area contributed by atoms with Crippen LogP contribution < -0.4 is 5.56 Å².